The van der Waals surface area contributed by atoms with Crippen LogP contribution in [0.4, 0.5) is 0 Å². The minimum Gasteiger partial charge on any atom is -0.334 e. The van der Waals surface area contributed by atoms with E-state index in [2.05, 4.69) is 42.1 Å². The minimum atomic E-state index is -3.43. The van der Waals surface area contributed by atoms with Gasteiger partial charge in [0.05, 0.1) is 4.90 Å². The molecule has 1 saturated heterocycles. The third-order valence-electron chi connectivity index (χ3n) is 5.46. The van der Waals surface area contributed by atoms with E-state index < -0.39 is 10.0 Å². The summed E-state index contributed by atoms with van der Waals surface area (Å²) in [5.41, 5.74) is 1.16. The maximum atomic E-state index is 13.0. The lowest BCUT2D eigenvalue weighted by Gasteiger charge is -2.34. The molecule has 1 aromatic heterocycles. The Kier molecular flexibility index (Phi) is 6.27. The van der Waals surface area contributed by atoms with Gasteiger partial charge in [-0.1, -0.05) is 39.8 Å². The van der Waals surface area contributed by atoms with Gasteiger partial charge < -0.3 is 4.57 Å². The van der Waals surface area contributed by atoms with Crippen LogP contribution in [0.1, 0.15) is 39.1 Å². The second-order valence-electron chi connectivity index (χ2n) is 8.41. The molecule has 0 unspecified atom stereocenters. The highest BCUT2D eigenvalue weighted by Gasteiger charge is 2.28. The fraction of sp³-hybridized carbons (Fsp3) is 0.571. The van der Waals surface area contributed by atoms with Crippen molar-refractivity contribution in [1.29, 1.82) is 0 Å². The average Bonchev–Trinajstić information content (AvgIpc) is 3.14. The Morgan fingerprint density at radius 3 is 2.21 bits per heavy atom. The number of imidazole rings is 1. The maximum absolute atomic E-state index is 13.0. The molecule has 0 bridgehead atoms. The van der Waals surface area contributed by atoms with Crippen LogP contribution in [0.25, 0.3) is 0 Å². The number of sulfonamides is 1. The van der Waals surface area contributed by atoms with Crippen molar-refractivity contribution in [3.8, 4) is 0 Å². The summed E-state index contributed by atoms with van der Waals surface area (Å²) in [6.07, 6.45) is 4.78. The van der Waals surface area contributed by atoms with Crippen molar-refractivity contribution >= 4 is 10.0 Å². The fourth-order valence-electron chi connectivity index (χ4n) is 3.58. The molecule has 0 N–H and O–H groups in total. The predicted octanol–water partition coefficient (Wildman–Crippen LogP) is 2.75. The molecule has 0 radical (unpaired) electrons. The van der Waals surface area contributed by atoms with Crippen LogP contribution in [-0.4, -0.2) is 59.9 Å². The van der Waals surface area contributed by atoms with Gasteiger partial charge in [-0.15, -0.1) is 0 Å². The number of piperazine rings is 1. The van der Waals surface area contributed by atoms with E-state index in [-0.39, 0.29) is 5.41 Å². The molecule has 0 amide bonds. The Morgan fingerprint density at radius 2 is 1.64 bits per heavy atom. The van der Waals surface area contributed by atoms with Crippen LogP contribution in [0.2, 0.25) is 0 Å². The van der Waals surface area contributed by atoms with Gasteiger partial charge in [-0.25, -0.2) is 13.4 Å². The number of hydrogen-bond donors (Lipinski definition) is 0. The lowest BCUT2D eigenvalue weighted by Crippen LogP contribution is -2.49. The quantitative estimate of drug-likeness (QED) is 0.743. The van der Waals surface area contributed by atoms with Gasteiger partial charge in [-0.3, -0.25) is 4.90 Å². The highest BCUT2D eigenvalue weighted by Crippen LogP contribution is 2.25. The van der Waals surface area contributed by atoms with Gasteiger partial charge in [0, 0.05) is 58.1 Å². The maximum Gasteiger partial charge on any atom is 0.243 e. The largest absolute Gasteiger partial charge is 0.334 e. The number of benzene rings is 1. The smallest absolute Gasteiger partial charge is 0.243 e. The van der Waals surface area contributed by atoms with Gasteiger partial charge in [-0.05, 0) is 23.1 Å². The van der Waals surface area contributed by atoms with Crippen molar-refractivity contribution in [3.63, 3.8) is 0 Å². The van der Waals surface area contributed by atoms with Crippen molar-refractivity contribution in [2.45, 2.75) is 51.0 Å². The normalized spacial score (nSPS) is 17.1. The summed E-state index contributed by atoms with van der Waals surface area (Å²) in [5.74, 6) is 1.10. The summed E-state index contributed by atoms with van der Waals surface area (Å²) in [6, 6.07) is 7.35. The van der Waals surface area contributed by atoms with Crippen LogP contribution in [0, 0.1) is 0 Å². The first-order valence-electron chi connectivity index (χ1n) is 10.0. The average molecular weight is 405 g/mol. The monoisotopic (exact) mass is 404 g/mol. The van der Waals surface area contributed by atoms with Crippen molar-refractivity contribution in [1.82, 2.24) is 18.8 Å². The van der Waals surface area contributed by atoms with E-state index in [0.717, 1.165) is 44.0 Å². The molecular formula is C21H32N4O2S. The topological polar surface area (TPSA) is 58.4 Å². The number of hydrogen-bond acceptors (Lipinski definition) is 4. The Labute approximate surface area is 169 Å². The van der Waals surface area contributed by atoms with Crippen molar-refractivity contribution < 1.29 is 8.42 Å². The van der Waals surface area contributed by atoms with Crippen LogP contribution in [-0.2, 0) is 28.4 Å². The lowest BCUT2D eigenvalue weighted by molar-refractivity contribution is 0.182. The van der Waals surface area contributed by atoms with Crippen LogP contribution >= 0.6 is 0 Å². The van der Waals surface area contributed by atoms with Crippen molar-refractivity contribution in [2.24, 2.45) is 0 Å². The third kappa shape index (κ3) is 4.64. The zero-order chi connectivity index (χ0) is 20.4. The van der Waals surface area contributed by atoms with E-state index in [1.54, 1.807) is 16.4 Å². The van der Waals surface area contributed by atoms with Gasteiger partial charge in [0.15, 0.2) is 0 Å². The highest BCUT2D eigenvalue weighted by atomic mass is 32.2. The summed E-state index contributed by atoms with van der Waals surface area (Å²) in [7, 11) is -3.43. The van der Waals surface area contributed by atoms with Crippen LogP contribution in [0.3, 0.4) is 0 Å². The SMILES string of the molecule is CCc1nccn1CCN1CCN(S(=O)(=O)c2ccc(C(C)(C)C)cc2)CC1. The Bertz CT molecular complexity index is 874. The molecule has 154 valence electrons. The van der Waals surface area contributed by atoms with Gasteiger partial charge in [0.1, 0.15) is 5.82 Å². The number of aromatic nitrogens is 2. The first kappa shape index (κ1) is 21.0. The predicted molar refractivity (Wildman–Crippen MR) is 112 cm³/mol. The van der Waals surface area contributed by atoms with E-state index in [0.29, 0.717) is 18.0 Å². The van der Waals surface area contributed by atoms with E-state index in [9.17, 15) is 8.42 Å². The summed E-state index contributed by atoms with van der Waals surface area (Å²) in [6.45, 7) is 12.9. The minimum absolute atomic E-state index is 0.0147. The van der Waals surface area contributed by atoms with E-state index in [4.69, 9.17) is 0 Å². The van der Waals surface area contributed by atoms with Crippen LogP contribution < -0.4 is 0 Å². The second kappa shape index (κ2) is 8.35. The summed E-state index contributed by atoms with van der Waals surface area (Å²) >= 11 is 0. The fourth-order valence-corrected chi connectivity index (χ4v) is 5.00. The first-order valence-corrected chi connectivity index (χ1v) is 11.5. The molecule has 3 rings (SSSR count). The Hall–Kier alpha value is -1.70. The highest BCUT2D eigenvalue weighted by molar-refractivity contribution is 7.89. The van der Waals surface area contributed by atoms with E-state index >= 15 is 0 Å². The van der Waals surface area contributed by atoms with Gasteiger partial charge in [-0.2, -0.15) is 4.31 Å². The van der Waals surface area contributed by atoms with Crippen molar-refractivity contribution in [2.75, 3.05) is 32.7 Å². The summed E-state index contributed by atoms with van der Waals surface area (Å²) in [5, 5.41) is 0. The molecule has 6 nitrogen and oxygen atoms in total. The molecule has 2 heterocycles. The molecule has 2 aromatic rings. The zero-order valence-electron chi connectivity index (χ0n) is 17.4. The van der Waals surface area contributed by atoms with Gasteiger partial charge in [0.25, 0.3) is 0 Å². The Balaban J connectivity index is 1.57. The molecule has 0 aliphatic carbocycles. The van der Waals surface area contributed by atoms with Gasteiger partial charge >= 0.3 is 0 Å². The second-order valence-corrected chi connectivity index (χ2v) is 10.3. The van der Waals surface area contributed by atoms with E-state index in [1.165, 1.54) is 0 Å². The third-order valence-corrected chi connectivity index (χ3v) is 7.38. The molecule has 1 aromatic carbocycles. The lowest BCUT2D eigenvalue weighted by atomic mass is 9.87. The molecule has 1 aliphatic rings. The number of aryl methyl sites for hydroxylation is 1. The molecule has 0 saturated carbocycles. The van der Waals surface area contributed by atoms with Crippen LogP contribution in [0.15, 0.2) is 41.6 Å². The van der Waals surface area contributed by atoms with Crippen LogP contribution in [0.5, 0.6) is 0 Å². The molecular weight excluding hydrogens is 372 g/mol. The molecule has 1 aliphatic heterocycles. The molecule has 1 fully saturated rings. The molecule has 0 atom stereocenters. The standard InChI is InChI=1S/C21H32N4O2S/c1-5-20-22-10-11-24(20)15-12-23-13-16-25(17-14-23)28(26,27)19-8-6-18(7-9-19)21(2,3)4/h6-11H,5,12-17H2,1-4H3. The zero-order valence-corrected chi connectivity index (χ0v) is 18.2. The molecule has 0 spiro atoms. The molecule has 7 heteroatoms. The Morgan fingerprint density at radius 1 is 1.00 bits per heavy atom. The van der Waals surface area contributed by atoms with E-state index in [1.807, 2.05) is 24.5 Å². The number of nitrogens with zero attached hydrogens (tertiary/aromatic N) is 4. The summed E-state index contributed by atoms with van der Waals surface area (Å²) in [4.78, 5) is 7.07. The van der Waals surface area contributed by atoms with Gasteiger partial charge in [0.2, 0.25) is 10.0 Å². The first-order chi connectivity index (χ1) is 13.2. The number of rotatable bonds is 6. The summed E-state index contributed by atoms with van der Waals surface area (Å²) < 4.78 is 29.8. The molecule has 28 heavy (non-hydrogen) atoms. The van der Waals surface area contributed by atoms with Crippen molar-refractivity contribution in [3.05, 3.63) is 48.0 Å².